The zero-order chi connectivity index (χ0) is 21.4. The van der Waals surface area contributed by atoms with Gasteiger partial charge in [-0.05, 0) is 50.6 Å². The van der Waals surface area contributed by atoms with Crippen LogP contribution in [0.25, 0.3) is 22.5 Å². The Balaban J connectivity index is 1.41. The summed E-state index contributed by atoms with van der Waals surface area (Å²) in [7, 11) is 1.51. The Morgan fingerprint density at radius 2 is 2.06 bits per heavy atom. The third kappa shape index (κ3) is 3.81. The van der Waals surface area contributed by atoms with E-state index in [4.69, 9.17) is 14.1 Å². The van der Waals surface area contributed by atoms with E-state index in [1.165, 1.54) is 13.2 Å². The Labute approximate surface area is 180 Å². The van der Waals surface area contributed by atoms with Crippen LogP contribution in [0.5, 0.6) is 5.75 Å². The lowest BCUT2D eigenvalue weighted by Crippen LogP contribution is -2.33. The van der Waals surface area contributed by atoms with Gasteiger partial charge in [-0.2, -0.15) is 0 Å². The van der Waals surface area contributed by atoms with Gasteiger partial charge in [0.1, 0.15) is 23.2 Å². The molecule has 2 aromatic heterocycles. The minimum Gasteiger partial charge on any atom is -0.497 e. The van der Waals surface area contributed by atoms with Gasteiger partial charge >= 0.3 is 0 Å². The quantitative estimate of drug-likeness (QED) is 0.468. The number of likely N-dealkylation sites (tertiary alicyclic amines) is 1. The van der Waals surface area contributed by atoms with E-state index < -0.39 is 5.82 Å². The molecule has 5 rings (SSSR count). The normalized spacial score (nSPS) is 17.3. The Morgan fingerprint density at radius 3 is 2.87 bits per heavy atom. The Bertz CT molecular complexity index is 1180. The van der Waals surface area contributed by atoms with E-state index in [1.54, 1.807) is 12.1 Å². The number of para-hydroxylation sites is 2. The molecule has 1 saturated heterocycles. The maximum absolute atomic E-state index is 14.5. The number of rotatable bonds is 5. The molecule has 0 bridgehead atoms. The van der Waals surface area contributed by atoms with Crippen LogP contribution >= 0.6 is 0 Å². The number of fused-ring (bicyclic) bond motifs is 1. The number of imidazole rings is 1. The average molecular weight is 420 g/mol. The fourth-order valence-electron chi connectivity index (χ4n) is 4.30. The second-order valence-electron chi connectivity index (χ2n) is 7.99. The highest BCUT2D eigenvalue weighted by atomic mass is 19.1. The van der Waals surface area contributed by atoms with E-state index in [-0.39, 0.29) is 6.04 Å². The highest BCUT2D eigenvalue weighted by Gasteiger charge is 2.28. The van der Waals surface area contributed by atoms with Crippen LogP contribution in [0.4, 0.5) is 4.39 Å². The molecule has 31 heavy (non-hydrogen) atoms. The smallest absolute Gasteiger partial charge is 0.229 e. The monoisotopic (exact) mass is 420 g/mol. The fourth-order valence-corrected chi connectivity index (χ4v) is 4.30. The van der Waals surface area contributed by atoms with E-state index >= 15 is 0 Å². The molecule has 1 atom stereocenters. The molecule has 1 aliphatic rings. The second kappa shape index (κ2) is 8.15. The maximum atomic E-state index is 14.5. The van der Waals surface area contributed by atoms with Crippen LogP contribution in [0.2, 0.25) is 0 Å². The summed E-state index contributed by atoms with van der Waals surface area (Å²) in [5.41, 5.74) is 3.20. The Hall–Kier alpha value is -3.19. The molecule has 6 nitrogen and oxygen atoms in total. The summed E-state index contributed by atoms with van der Waals surface area (Å²) in [5, 5.41) is 0. The topological polar surface area (TPSA) is 67.2 Å². The molecule has 1 fully saturated rings. The number of nitrogens with one attached hydrogen (secondary N) is 1. The first-order valence-corrected chi connectivity index (χ1v) is 10.6. The molecule has 0 radical (unpaired) electrons. The number of H-pyrrole nitrogens is 1. The van der Waals surface area contributed by atoms with Gasteiger partial charge in [-0.1, -0.05) is 18.6 Å². The van der Waals surface area contributed by atoms with Gasteiger partial charge in [-0.25, -0.2) is 14.4 Å². The van der Waals surface area contributed by atoms with Crippen LogP contribution in [-0.4, -0.2) is 33.5 Å². The van der Waals surface area contributed by atoms with Crippen LogP contribution in [0, 0.1) is 12.7 Å². The number of nitrogens with zero attached hydrogens (tertiary/aromatic N) is 3. The summed E-state index contributed by atoms with van der Waals surface area (Å²) in [5.74, 6) is 2.05. The summed E-state index contributed by atoms with van der Waals surface area (Å²) >= 11 is 0. The molecule has 1 N–H and O–H groups in total. The van der Waals surface area contributed by atoms with Gasteiger partial charge in [0.2, 0.25) is 5.89 Å². The molecule has 4 aromatic rings. The number of ether oxygens (including phenoxy) is 1. The van der Waals surface area contributed by atoms with Crippen molar-refractivity contribution in [1.82, 2.24) is 19.9 Å². The standard InChI is InChI=1S/C24H25FN4O2/c1-15-21(28-24(31-15)17-11-10-16(30-2)13-18(17)25)14-29-12-6-5-9-22(29)23-26-19-7-3-4-8-20(19)27-23/h3-4,7-8,10-11,13,22H,5-6,9,12,14H2,1-2H3,(H,26,27). The highest BCUT2D eigenvalue weighted by molar-refractivity contribution is 5.74. The first-order valence-electron chi connectivity index (χ1n) is 10.6. The van der Waals surface area contributed by atoms with Crippen molar-refractivity contribution in [2.75, 3.05) is 13.7 Å². The largest absolute Gasteiger partial charge is 0.497 e. The van der Waals surface area contributed by atoms with Crippen molar-refractivity contribution in [2.24, 2.45) is 0 Å². The molecule has 160 valence electrons. The molecule has 1 aliphatic heterocycles. The third-order valence-corrected chi connectivity index (χ3v) is 5.99. The number of aromatic nitrogens is 3. The van der Waals surface area contributed by atoms with Crippen LogP contribution in [-0.2, 0) is 6.54 Å². The van der Waals surface area contributed by atoms with Gasteiger partial charge in [0.25, 0.3) is 0 Å². The SMILES string of the molecule is COc1ccc(-c2nc(CN3CCCCC3c3nc4ccccc4[nH]3)c(C)o2)c(F)c1. The minimum atomic E-state index is -0.412. The number of aryl methyl sites for hydroxylation is 1. The third-order valence-electron chi connectivity index (χ3n) is 5.99. The molecule has 0 aliphatic carbocycles. The maximum Gasteiger partial charge on any atom is 0.229 e. The number of methoxy groups -OCH3 is 1. The van der Waals surface area contributed by atoms with Crippen LogP contribution in [0.15, 0.2) is 46.9 Å². The zero-order valence-corrected chi connectivity index (χ0v) is 17.7. The lowest BCUT2D eigenvalue weighted by Gasteiger charge is -2.34. The van der Waals surface area contributed by atoms with E-state index in [2.05, 4.69) is 20.9 Å². The molecule has 3 heterocycles. The van der Waals surface area contributed by atoms with Crippen molar-refractivity contribution in [1.29, 1.82) is 0 Å². The molecule has 1 unspecified atom stereocenters. The summed E-state index contributed by atoms with van der Waals surface area (Å²) < 4.78 is 25.4. The molecule has 2 aromatic carbocycles. The number of piperidine rings is 1. The Kier molecular flexibility index (Phi) is 5.19. The molecule has 0 spiro atoms. The van der Waals surface area contributed by atoms with E-state index in [9.17, 15) is 4.39 Å². The molecule has 0 saturated carbocycles. The lowest BCUT2D eigenvalue weighted by molar-refractivity contribution is 0.132. The number of hydrogen-bond donors (Lipinski definition) is 1. The van der Waals surface area contributed by atoms with Crippen LogP contribution < -0.4 is 4.74 Å². The van der Waals surface area contributed by atoms with Crippen LogP contribution in [0.3, 0.4) is 0 Å². The number of oxazole rings is 1. The predicted octanol–water partition coefficient (Wildman–Crippen LogP) is 5.40. The van der Waals surface area contributed by atoms with Gasteiger partial charge < -0.3 is 14.1 Å². The number of benzene rings is 2. The van der Waals surface area contributed by atoms with Gasteiger partial charge in [0.05, 0.1) is 35.4 Å². The van der Waals surface area contributed by atoms with E-state index in [1.807, 2.05) is 25.1 Å². The van der Waals surface area contributed by atoms with Crippen molar-refractivity contribution in [2.45, 2.75) is 38.8 Å². The number of hydrogen-bond acceptors (Lipinski definition) is 5. The predicted molar refractivity (Wildman–Crippen MR) is 116 cm³/mol. The minimum absolute atomic E-state index is 0.193. The fraction of sp³-hybridized carbons (Fsp3) is 0.333. The van der Waals surface area contributed by atoms with Gasteiger partial charge in [0.15, 0.2) is 0 Å². The Morgan fingerprint density at radius 1 is 1.19 bits per heavy atom. The van der Waals surface area contributed by atoms with Crippen molar-refractivity contribution in [3.63, 3.8) is 0 Å². The lowest BCUT2D eigenvalue weighted by atomic mass is 10.0. The van der Waals surface area contributed by atoms with Gasteiger partial charge in [0, 0.05) is 12.6 Å². The highest BCUT2D eigenvalue weighted by Crippen LogP contribution is 2.33. The average Bonchev–Trinajstić information content (AvgIpc) is 3.37. The summed E-state index contributed by atoms with van der Waals surface area (Å²) in [6, 6.07) is 13.0. The molecular weight excluding hydrogens is 395 g/mol. The summed E-state index contributed by atoms with van der Waals surface area (Å²) in [6.45, 7) is 3.47. The van der Waals surface area contributed by atoms with Gasteiger partial charge in [-0.3, -0.25) is 4.90 Å². The summed E-state index contributed by atoms with van der Waals surface area (Å²) in [6.07, 6.45) is 3.34. The number of aromatic amines is 1. The van der Waals surface area contributed by atoms with Crippen molar-refractivity contribution in [3.8, 4) is 17.2 Å². The second-order valence-corrected chi connectivity index (χ2v) is 7.99. The van der Waals surface area contributed by atoms with Crippen LogP contribution in [0.1, 0.15) is 42.6 Å². The van der Waals surface area contributed by atoms with E-state index in [0.717, 1.165) is 48.4 Å². The van der Waals surface area contributed by atoms with E-state index in [0.29, 0.717) is 29.5 Å². The summed E-state index contributed by atoms with van der Waals surface area (Å²) in [4.78, 5) is 15.3. The molecule has 7 heteroatoms. The molecule has 0 amide bonds. The first kappa shape index (κ1) is 19.8. The van der Waals surface area contributed by atoms with Crippen molar-refractivity contribution >= 4 is 11.0 Å². The first-order chi connectivity index (χ1) is 15.1. The molecular formula is C24H25FN4O2. The zero-order valence-electron chi connectivity index (χ0n) is 17.7. The number of halogens is 1. The van der Waals surface area contributed by atoms with Crippen molar-refractivity contribution in [3.05, 3.63) is 65.6 Å². The van der Waals surface area contributed by atoms with Crippen molar-refractivity contribution < 1.29 is 13.5 Å². The van der Waals surface area contributed by atoms with Gasteiger partial charge in [-0.15, -0.1) is 0 Å².